The highest BCUT2D eigenvalue weighted by Gasteiger charge is 2.33. The van der Waals surface area contributed by atoms with Crippen molar-refractivity contribution in [3.05, 3.63) is 113 Å². The van der Waals surface area contributed by atoms with Crippen LogP contribution in [0, 0.1) is 0 Å². The van der Waals surface area contributed by atoms with Gasteiger partial charge in [-0.15, -0.1) is 0 Å². The van der Waals surface area contributed by atoms with E-state index < -0.39 is 12.0 Å². The molecule has 11 heteroatoms. The lowest BCUT2D eigenvalue weighted by molar-refractivity contribution is -0.139. The van der Waals surface area contributed by atoms with Crippen molar-refractivity contribution in [3.63, 3.8) is 0 Å². The SMILES string of the molecule is CCOC(=O)C1=C(C)N=c2s/c(=C\c3ccc(OCc4cc(OC)ccc4OC)c(OC)c3)c(=O)n2[C@H]1c1cccc(Br)c1. The molecule has 0 spiro atoms. The number of nitrogens with zero attached hydrogens (tertiary/aromatic N) is 2. The maximum absolute atomic E-state index is 13.9. The predicted molar refractivity (Wildman–Crippen MR) is 171 cm³/mol. The molecule has 0 saturated heterocycles. The normalized spacial score (nSPS) is 14.5. The van der Waals surface area contributed by atoms with Gasteiger partial charge in [-0.25, -0.2) is 9.79 Å². The molecular formula is C33H31BrN2O7S. The molecule has 0 unspecified atom stereocenters. The Labute approximate surface area is 266 Å². The molecule has 0 amide bonds. The number of hydrogen-bond donors (Lipinski definition) is 0. The number of halogens is 1. The molecule has 1 aliphatic rings. The van der Waals surface area contributed by atoms with Gasteiger partial charge in [0.25, 0.3) is 5.56 Å². The van der Waals surface area contributed by atoms with Gasteiger partial charge in [0.2, 0.25) is 0 Å². The Morgan fingerprint density at radius 2 is 1.77 bits per heavy atom. The minimum atomic E-state index is -0.691. The highest BCUT2D eigenvalue weighted by atomic mass is 79.9. The number of carbonyl (C=O) groups excluding carboxylic acids is 1. The number of methoxy groups -OCH3 is 3. The number of benzene rings is 3. The van der Waals surface area contributed by atoms with Crippen molar-refractivity contribution in [1.29, 1.82) is 0 Å². The molecule has 1 aliphatic heterocycles. The first-order valence-electron chi connectivity index (χ1n) is 13.7. The molecule has 0 bridgehead atoms. The Balaban J connectivity index is 1.52. The van der Waals surface area contributed by atoms with E-state index in [2.05, 4.69) is 20.9 Å². The van der Waals surface area contributed by atoms with Crippen molar-refractivity contribution in [2.45, 2.75) is 26.5 Å². The Hall–Kier alpha value is -4.35. The number of hydrogen-bond acceptors (Lipinski definition) is 9. The third-order valence-corrected chi connectivity index (χ3v) is 8.51. The van der Waals surface area contributed by atoms with E-state index >= 15 is 0 Å². The molecule has 228 valence electrons. The standard InChI is InChI=1S/C33H31BrN2O7S/c1-6-42-32(38)29-19(2)35-33-36(30(29)21-8-7-9-23(34)16-21)31(37)28(44-33)15-20-10-12-26(27(14-20)41-5)43-18-22-17-24(39-3)11-13-25(22)40-4/h7-17,30H,6,18H2,1-5H3/b28-15-/t30-/m0/s1. The first-order chi connectivity index (χ1) is 21.3. The van der Waals surface area contributed by atoms with Crippen molar-refractivity contribution in [2.24, 2.45) is 4.99 Å². The molecular weight excluding hydrogens is 648 g/mol. The Bertz CT molecular complexity index is 1930. The fourth-order valence-corrected chi connectivity index (χ4v) is 6.44. The molecule has 0 radical (unpaired) electrons. The number of aromatic nitrogens is 1. The molecule has 4 aromatic rings. The molecule has 2 heterocycles. The minimum absolute atomic E-state index is 0.208. The van der Waals surface area contributed by atoms with Gasteiger partial charge < -0.3 is 23.7 Å². The topological polar surface area (TPSA) is 97.6 Å². The fraction of sp³-hybridized carbons (Fsp3) is 0.242. The summed E-state index contributed by atoms with van der Waals surface area (Å²) in [5, 5.41) is 0. The second kappa shape index (κ2) is 13.5. The molecule has 5 rings (SSSR count). The quantitative estimate of drug-likeness (QED) is 0.214. The largest absolute Gasteiger partial charge is 0.497 e. The highest BCUT2D eigenvalue weighted by Crippen LogP contribution is 2.33. The molecule has 1 aromatic heterocycles. The highest BCUT2D eigenvalue weighted by molar-refractivity contribution is 9.10. The number of carbonyl (C=O) groups is 1. The van der Waals surface area contributed by atoms with Crippen LogP contribution in [0.5, 0.6) is 23.0 Å². The van der Waals surface area contributed by atoms with Gasteiger partial charge >= 0.3 is 5.97 Å². The lowest BCUT2D eigenvalue weighted by Gasteiger charge is -2.24. The number of thiazole rings is 1. The molecule has 0 aliphatic carbocycles. The van der Waals surface area contributed by atoms with Crippen LogP contribution in [0.1, 0.15) is 36.6 Å². The van der Waals surface area contributed by atoms with Crippen LogP contribution >= 0.6 is 27.3 Å². The van der Waals surface area contributed by atoms with Crippen LogP contribution in [0.25, 0.3) is 6.08 Å². The van der Waals surface area contributed by atoms with Crippen molar-refractivity contribution in [3.8, 4) is 23.0 Å². The number of esters is 1. The fourth-order valence-electron chi connectivity index (χ4n) is 4.98. The van der Waals surface area contributed by atoms with E-state index in [1.165, 1.54) is 11.3 Å². The summed E-state index contributed by atoms with van der Waals surface area (Å²) in [5.41, 5.74) is 2.89. The molecule has 1 atom stereocenters. The van der Waals surface area contributed by atoms with Crippen molar-refractivity contribution < 1.29 is 28.5 Å². The monoisotopic (exact) mass is 678 g/mol. The van der Waals surface area contributed by atoms with Crippen LogP contribution in [0.2, 0.25) is 0 Å². The Kier molecular flexibility index (Phi) is 9.55. The predicted octanol–water partition coefficient (Wildman–Crippen LogP) is 5.17. The van der Waals surface area contributed by atoms with Crippen LogP contribution in [-0.2, 0) is 16.1 Å². The maximum Gasteiger partial charge on any atom is 0.338 e. The third-order valence-electron chi connectivity index (χ3n) is 7.04. The summed E-state index contributed by atoms with van der Waals surface area (Å²) in [6.45, 7) is 3.95. The second-order valence-electron chi connectivity index (χ2n) is 9.73. The first kappa shape index (κ1) is 31.1. The number of allylic oxidation sites excluding steroid dienone is 1. The second-order valence-corrected chi connectivity index (χ2v) is 11.7. The van der Waals surface area contributed by atoms with Gasteiger partial charge in [0.05, 0.1) is 49.8 Å². The zero-order valence-electron chi connectivity index (χ0n) is 24.9. The first-order valence-corrected chi connectivity index (χ1v) is 15.4. The number of fused-ring (bicyclic) bond motifs is 1. The van der Waals surface area contributed by atoms with Gasteiger partial charge in [0, 0.05) is 10.0 Å². The summed E-state index contributed by atoms with van der Waals surface area (Å²) in [5.74, 6) is 1.90. The zero-order valence-corrected chi connectivity index (χ0v) is 27.3. The van der Waals surface area contributed by atoms with Gasteiger partial charge in [0.1, 0.15) is 18.1 Å². The average molecular weight is 680 g/mol. The van der Waals surface area contributed by atoms with E-state index in [-0.39, 0.29) is 18.8 Å². The molecule has 0 saturated carbocycles. The van der Waals surface area contributed by atoms with Gasteiger partial charge in [-0.1, -0.05) is 45.5 Å². The smallest absolute Gasteiger partial charge is 0.338 e. The summed E-state index contributed by atoms with van der Waals surface area (Å²) >= 11 is 4.77. The van der Waals surface area contributed by atoms with E-state index in [1.54, 1.807) is 58.0 Å². The van der Waals surface area contributed by atoms with E-state index in [0.717, 1.165) is 21.2 Å². The summed E-state index contributed by atoms with van der Waals surface area (Å²) in [6, 6.07) is 17.8. The minimum Gasteiger partial charge on any atom is -0.497 e. The summed E-state index contributed by atoms with van der Waals surface area (Å²) in [7, 11) is 4.76. The zero-order chi connectivity index (χ0) is 31.4. The van der Waals surface area contributed by atoms with Gasteiger partial charge in [0.15, 0.2) is 16.3 Å². The van der Waals surface area contributed by atoms with Crippen LogP contribution in [0.4, 0.5) is 0 Å². The van der Waals surface area contributed by atoms with Crippen LogP contribution in [-0.4, -0.2) is 38.5 Å². The van der Waals surface area contributed by atoms with Crippen molar-refractivity contribution in [1.82, 2.24) is 4.57 Å². The lowest BCUT2D eigenvalue weighted by atomic mass is 9.96. The molecule has 44 heavy (non-hydrogen) atoms. The average Bonchev–Trinajstić information content (AvgIpc) is 3.32. The van der Waals surface area contributed by atoms with Crippen molar-refractivity contribution in [2.75, 3.05) is 27.9 Å². The summed E-state index contributed by atoms with van der Waals surface area (Å²) < 4.78 is 30.7. The van der Waals surface area contributed by atoms with Gasteiger partial charge in [-0.3, -0.25) is 9.36 Å². The van der Waals surface area contributed by atoms with Crippen LogP contribution in [0.15, 0.2) is 86.2 Å². The van der Waals surface area contributed by atoms with Crippen LogP contribution in [0.3, 0.4) is 0 Å². The number of ether oxygens (including phenoxy) is 5. The van der Waals surface area contributed by atoms with E-state index in [0.29, 0.717) is 43.6 Å². The third kappa shape index (κ3) is 6.29. The van der Waals surface area contributed by atoms with Crippen LogP contribution < -0.4 is 33.8 Å². The van der Waals surface area contributed by atoms with Crippen molar-refractivity contribution >= 4 is 39.3 Å². The lowest BCUT2D eigenvalue weighted by Crippen LogP contribution is -2.39. The summed E-state index contributed by atoms with van der Waals surface area (Å²) in [4.78, 5) is 32.2. The Morgan fingerprint density at radius 3 is 2.48 bits per heavy atom. The Morgan fingerprint density at radius 1 is 1.00 bits per heavy atom. The van der Waals surface area contributed by atoms with Gasteiger partial charge in [-0.2, -0.15) is 0 Å². The molecule has 3 aromatic carbocycles. The molecule has 9 nitrogen and oxygen atoms in total. The molecule has 0 fully saturated rings. The van der Waals surface area contributed by atoms with E-state index in [9.17, 15) is 9.59 Å². The molecule has 0 N–H and O–H groups in total. The number of rotatable bonds is 10. The van der Waals surface area contributed by atoms with E-state index in [1.807, 2.05) is 48.5 Å². The van der Waals surface area contributed by atoms with E-state index in [4.69, 9.17) is 23.7 Å². The maximum atomic E-state index is 13.9. The summed E-state index contributed by atoms with van der Waals surface area (Å²) in [6.07, 6.45) is 1.78. The van der Waals surface area contributed by atoms with Gasteiger partial charge in [-0.05, 0) is 73.5 Å².